The second-order valence-corrected chi connectivity index (χ2v) is 6.14. The van der Waals surface area contributed by atoms with Crippen LogP contribution in [0, 0.1) is 12.8 Å². The molecule has 2 N–H and O–H groups in total. The Morgan fingerprint density at radius 2 is 2.05 bits per heavy atom. The number of likely N-dealkylation sites (N-methyl/N-ethyl adjacent to an activating group) is 1. The molecular formula is C15H28N4. The summed E-state index contributed by atoms with van der Waals surface area (Å²) in [5.74, 6) is 0.890. The van der Waals surface area contributed by atoms with Gasteiger partial charge < -0.3 is 5.73 Å². The van der Waals surface area contributed by atoms with Crippen molar-refractivity contribution in [2.24, 2.45) is 18.7 Å². The molecule has 0 bridgehead atoms. The molecule has 1 heterocycles. The van der Waals surface area contributed by atoms with E-state index in [2.05, 4.69) is 30.9 Å². The van der Waals surface area contributed by atoms with Gasteiger partial charge in [0.1, 0.15) is 0 Å². The molecule has 1 aliphatic carbocycles. The zero-order valence-corrected chi connectivity index (χ0v) is 12.8. The average Bonchev–Trinajstić information content (AvgIpc) is 2.73. The molecule has 0 saturated heterocycles. The Bertz CT molecular complexity index is 404. The summed E-state index contributed by atoms with van der Waals surface area (Å²) in [6, 6.07) is 0.969. The van der Waals surface area contributed by atoms with Crippen LogP contribution in [0.25, 0.3) is 0 Å². The molecule has 1 aromatic heterocycles. The van der Waals surface area contributed by atoms with Crippen LogP contribution in [0.5, 0.6) is 0 Å². The lowest BCUT2D eigenvalue weighted by molar-refractivity contribution is 0.126. The van der Waals surface area contributed by atoms with Gasteiger partial charge in [0, 0.05) is 30.9 Å². The fraction of sp³-hybridized carbons (Fsp3) is 0.800. The predicted molar refractivity (Wildman–Crippen MR) is 78.9 cm³/mol. The first-order valence-corrected chi connectivity index (χ1v) is 7.45. The molecule has 4 heteroatoms. The van der Waals surface area contributed by atoms with Crippen LogP contribution in [0.1, 0.15) is 49.9 Å². The van der Waals surface area contributed by atoms with Crippen molar-refractivity contribution in [2.75, 3.05) is 13.6 Å². The zero-order chi connectivity index (χ0) is 14.0. The maximum Gasteiger partial charge on any atom is 0.0540 e. The largest absolute Gasteiger partial charge is 0.329 e. The van der Waals surface area contributed by atoms with E-state index in [0.717, 1.165) is 5.92 Å². The Morgan fingerprint density at radius 3 is 2.53 bits per heavy atom. The van der Waals surface area contributed by atoms with Gasteiger partial charge in [0.15, 0.2) is 0 Å². The molecule has 1 unspecified atom stereocenters. The summed E-state index contributed by atoms with van der Waals surface area (Å²) >= 11 is 0. The number of aromatic nitrogens is 2. The summed E-state index contributed by atoms with van der Waals surface area (Å²) in [4.78, 5) is 2.48. The molecule has 1 aromatic rings. The van der Waals surface area contributed by atoms with Crippen molar-refractivity contribution in [3.63, 3.8) is 0 Å². The van der Waals surface area contributed by atoms with E-state index in [1.54, 1.807) is 0 Å². The van der Waals surface area contributed by atoms with E-state index in [9.17, 15) is 0 Å². The number of rotatable bonds is 4. The third-order valence-electron chi connectivity index (χ3n) is 4.91. The van der Waals surface area contributed by atoms with Gasteiger partial charge in [-0.05, 0) is 45.6 Å². The van der Waals surface area contributed by atoms with Crippen LogP contribution in [-0.2, 0) is 7.05 Å². The topological polar surface area (TPSA) is 47.1 Å². The summed E-state index contributed by atoms with van der Waals surface area (Å²) in [5, 5.41) is 4.36. The minimum atomic E-state index is 0.298. The molecule has 108 valence electrons. The molecular weight excluding hydrogens is 236 g/mol. The minimum Gasteiger partial charge on any atom is -0.329 e. The van der Waals surface area contributed by atoms with Gasteiger partial charge in [-0.25, -0.2) is 0 Å². The van der Waals surface area contributed by atoms with Crippen molar-refractivity contribution in [1.29, 1.82) is 0 Å². The molecule has 0 aromatic carbocycles. The Hall–Kier alpha value is -0.870. The fourth-order valence-corrected chi connectivity index (χ4v) is 3.26. The number of aryl methyl sites for hydroxylation is 1. The first-order chi connectivity index (χ1) is 9.04. The lowest BCUT2D eigenvalue weighted by atomic mass is 9.86. The van der Waals surface area contributed by atoms with Gasteiger partial charge in [0.2, 0.25) is 0 Å². The van der Waals surface area contributed by atoms with Gasteiger partial charge in [-0.1, -0.05) is 6.92 Å². The first-order valence-electron chi connectivity index (χ1n) is 7.45. The number of nitrogens with two attached hydrogens (primary N) is 1. The van der Waals surface area contributed by atoms with Gasteiger partial charge in [0.05, 0.1) is 12.2 Å². The Labute approximate surface area is 117 Å². The molecule has 1 aliphatic rings. The highest BCUT2D eigenvalue weighted by Gasteiger charge is 2.28. The number of nitrogens with zero attached hydrogens (tertiary/aromatic N) is 3. The van der Waals surface area contributed by atoms with Crippen LogP contribution in [0.2, 0.25) is 0 Å². The molecule has 0 amide bonds. The number of hydrogen-bond acceptors (Lipinski definition) is 3. The first kappa shape index (κ1) is 14.5. The lowest BCUT2D eigenvalue weighted by Crippen LogP contribution is -2.40. The second-order valence-electron chi connectivity index (χ2n) is 6.14. The van der Waals surface area contributed by atoms with Crippen molar-refractivity contribution >= 4 is 0 Å². The van der Waals surface area contributed by atoms with E-state index in [1.807, 2.05) is 17.9 Å². The van der Waals surface area contributed by atoms with Crippen molar-refractivity contribution in [3.05, 3.63) is 17.5 Å². The molecule has 1 saturated carbocycles. The number of hydrogen-bond donors (Lipinski definition) is 1. The van der Waals surface area contributed by atoms with Gasteiger partial charge >= 0.3 is 0 Å². The molecule has 4 nitrogen and oxygen atoms in total. The quantitative estimate of drug-likeness (QED) is 0.907. The molecule has 1 atom stereocenters. The maximum absolute atomic E-state index is 6.04. The van der Waals surface area contributed by atoms with E-state index in [1.165, 1.54) is 36.9 Å². The zero-order valence-electron chi connectivity index (χ0n) is 12.8. The molecule has 0 radical (unpaired) electrons. The molecule has 2 rings (SSSR count). The van der Waals surface area contributed by atoms with Crippen LogP contribution in [0.15, 0.2) is 6.20 Å². The van der Waals surface area contributed by atoms with E-state index >= 15 is 0 Å². The van der Waals surface area contributed by atoms with Crippen molar-refractivity contribution in [3.8, 4) is 0 Å². The molecule has 1 fully saturated rings. The monoisotopic (exact) mass is 264 g/mol. The van der Waals surface area contributed by atoms with Gasteiger partial charge in [-0.3, -0.25) is 9.58 Å². The summed E-state index contributed by atoms with van der Waals surface area (Å²) in [6.07, 6.45) is 7.27. The standard InChI is InChI=1S/C15H28N4/c1-11-5-7-13(8-6-11)18(3)15(9-16)14-10-17-19(4)12(14)2/h10-11,13,15H,5-9,16H2,1-4H3. The van der Waals surface area contributed by atoms with Crippen LogP contribution in [0.4, 0.5) is 0 Å². The highest BCUT2D eigenvalue weighted by Crippen LogP contribution is 2.31. The maximum atomic E-state index is 6.04. The fourth-order valence-electron chi connectivity index (χ4n) is 3.26. The highest BCUT2D eigenvalue weighted by atomic mass is 15.3. The van der Waals surface area contributed by atoms with E-state index < -0.39 is 0 Å². The molecule has 0 spiro atoms. The van der Waals surface area contributed by atoms with Crippen molar-refractivity contribution in [2.45, 2.75) is 51.6 Å². The van der Waals surface area contributed by atoms with Crippen LogP contribution in [-0.4, -0.2) is 34.3 Å². The lowest BCUT2D eigenvalue weighted by Gasteiger charge is -2.38. The van der Waals surface area contributed by atoms with Gasteiger partial charge in [-0.2, -0.15) is 5.10 Å². The Kier molecular flexibility index (Phi) is 4.63. The van der Waals surface area contributed by atoms with E-state index in [0.29, 0.717) is 18.6 Å². The van der Waals surface area contributed by atoms with Gasteiger partial charge in [-0.15, -0.1) is 0 Å². The van der Waals surface area contributed by atoms with Crippen molar-refractivity contribution < 1.29 is 0 Å². The van der Waals surface area contributed by atoms with E-state index in [-0.39, 0.29) is 0 Å². The smallest absolute Gasteiger partial charge is 0.0540 e. The van der Waals surface area contributed by atoms with Gasteiger partial charge in [0.25, 0.3) is 0 Å². The average molecular weight is 264 g/mol. The predicted octanol–water partition coefficient (Wildman–Crippen LogP) is 2.24. The molecule has 0 aliphatic heterocycles. The SMILES string of the molecule is Cc1c(C(CN)N(C)C2CCC(C)CC2)cnn1C. The third-order valence-corrected chi connectivity index (χ3v) is 4.91. The summed E-state index contributed by atoms with van der Waals surface area (Å²) in [7, 11) is 4.22. The normalized spacial score (nSPS) is 25.8. The highest BCUT2D eigenvalue weighted by molar-refractivity contribution is 5.21. The van der Waals surface area contributed by atoms with Crippen LogP contribution in [0.3, 0.4) is 0 Å². The minimum absolute atomic E-state index is 0.298. The van der Waals surface area contributed by atoms with Crippen LogP contribution >= 0.6 is 0 Å². The second kappa shape index (κ2) is 6.06. The Morgan fingerprint density at radius 1 is 1.42 bits per heavy atom. The molecule has 19 heavy (non-hydrogen) atoms. The third kappa shape index (κ3) is 3.00. The van der Waals surface area contributed by atoms with Crippen molar-refractivity contribution in [1.82, 2.24) is 14.7 Å². The summed E-state index contributed by atoms with van der Waals surface area (Å²) < 4.78 is 1.94. The Balaban J connectivity index is 2.11. The van der Waals surface area contributed by atoms with E-state index in [4.69, 9.17) is 5.73 Å². The summed E-state index contributed by atoms with van der Waals surface area (Å²) in [5.41, 5.74) is 8.55. The summed E-state index contributed by atoms with van der Waals surface area (Å²) in [6.45, 7) is 5.15. The van der Waals surface area contributed by atoms with Crippen LogP contribution < -0.4 is 5.73 Å².